The SMILES string of the molecule is CCCCc1c(I)n(Cc2ccc(-c3ccccc3-c3nnn(C(c4ccccc4)(c4ccccc4)c4ccccc4)n3)cc2)c(CO)[n+]1Cc1ccc(-c2ccccc2-c2nnn(C(c3ccccc3)(c3ccccc3)c3ccccc3)n2)cc1.[Br-]. The summed E-state index contributed by atoms with van der Waals surface area (Å²) in [5.41, 5.74) is 13.7. The Morgan fingerprint density at radius 2 is 0.759 bits per heavy atom. The molecular formula is C74H62BrIN10O. The summed E-state index contributed by atoms with van der Waals surface area (Å²) in [6.07, 6.45) is 2.98. The zero-order valence-electron chi connectivity index (χ0n) is 48.0. The van der Waals surface area contributed by atoms with Crippen LogP contribution in [0.1, 0.15) is 75.8 Å². The number of tetrazole rings is 2. The van der Waals surface area contributed by atoms with Gasteiger partial charge in [-0.3, -0.25) is 0 Å². The molecule has 3 heterocycles. The quantitative estimate of drug-likeness (QED) is 0.0459. The summed E-state index contributed by atoms with van der Waals surface area (Å²) in [6, 6.07) is 96.5. The van der Waals surface area contributed by atoms with Gasteiger partial charge in [0.1, 0.15) is 19.7 Å². The first-order valence-corrected chi connectivity index (χ1v) is 30.3. The van der Waals surface area contributed by atoms with Gasteiger partial charge >= 0.3 is 0 Å². The fraction of sp³-hybridized carbons (Fsp3) is 0.122. The number of benzene rings is 10. The molecule has 0 saturated carbocycles. The van der Waals surface area contributed by atoms with Gasteiger partial charge in [-0.1, -0.05) is 292 Å². The van der Waals surface area contributed by atoms with Crippen LogP contribution in [0.2, 0.25) is 0 Å². The number of aliphatic hydroxyl groups is 1. The molecule has 0 bridgehead atoms. The van der Waals surface area contributed by atoms with E-state index in [1.165, 1.54) is 5.69 Å². The van der Waals surface area contributed by atoms with Crippen LogP contribution in [0.3, 0.4) is 0 Å². The van der Waals surface area contributed by atoms with Crippen molar-refractivity contribution in [1.82, 2.24) is 45.0 Å². The first kappa shape index (κ1) is 58.1. The third kappa shape index (κ3) is 11.1. The number of halogens is 2. The van der Waals surface area contributed by atoms with Gasteiger partial charge in [-0.25, -0.2) is 9.13 Å². The molecule has 0 radical (unpaired) electrons. The summed E-state index contributed by atoms with van der Waals surface area (Å²) in [4.78, 5) is 3.55. The Morgan fingerprint density at radius 3 is 1.10 bits per heavy atom. The summed E-state index contributed by atoms with van der Waals surface area (Å²) >= 11 is 2.49. The van der Waals surface area contributed by atoms with Gasteiger partial charge in [0.05, 0.1) is 0 Å². The van der Waals surface area contributed by atoms with E-state index in [2.05, 4.69) is 269 Å². The van der Waals surface area contributed by atoms with Crippen LogP contribution in [0, 0.1) is 3.70 Å². The van der Waals surface area contributed by atoms with Crippen molar-refractivity contribution in [2.24, 2.45) is 0 Å². The Labute approximate surface area is 531 Å². The average Bonchev–Trinajstić information content (AvgIpc) is 1.81. The average molecular weight is 1310 g/mol. The molecule has 0 fully saturated rings. The molecule has 13 aromatic rings. The van der Waals surface area contributed by atoms with E-state index in [1.807, 2.05) is 48.5 Å². The smallest absolute Gasteiger partial charge is 0.284 e. The molecule has 0 saturated heterocycles. The molecule has 13 heteroatoms. The molecule has 13 rings (SSSR count). The normalized spacial score (nSPS) is 11.6. The fourth-order valence-corrected chi connectivity index (χ4v) is 13.3. The highest BCUT2D eigenvalue weighted by Gasteiger charge is 2.43. The van der Waals surface area contributed by atoms with Crippen molar-refractivity contribution < 1.29 is 26.7 Å². The third-order valence-corrected chi connectivity index (χ3v) is 17.7. The maximum atomic E-state index is 11.3. The van der Waals surface area contributed by atoms with Crippen molar-refractivity contribution in [3.8, 4) is 45.0 Å². The van der Waals surface area contributed by atoms with Gasteiger partial charge < -0.3 is 22.1 Å². The summed E-state index contributed by atoms with van der Waals surface area (Å²) in [5, 5.41) is 41.1. The van der Waals surface area contributed by atoms with E-state index in [-0.39, 0.29) is 23.6 Å². The summed E-state index contributed by atoms with van der Waals surface area (Å²) in [7, 11) is 0. The number of hydrogen-bond acceptors (Lipinski definition) is 7. The van der Waals surface area contributed by atoms with E-state index < -0.39 is 11.1 Å². The van der Waals surface area contributed by atoms with Crippen molar-refractivity contribution in [2.75, 3.05) is 0 Å². The largest absolute Gasteiger partial charge is 1.00 e. The zero-order chi connectivity index (χ0) is 58.3. The Kier molecular flexibility index (Phi) is 17.5. The molecule has 428 valence electrons. The maximum absolute atomic E-state index is 11.3. The van der Waals surface area contributed by atoms with Gasteiger partial charge in [0.15, 0.2) is 16.8 Å². The minimum Gasteiger partial charge on any atom is -1.00 e. The first-order chi connectivity index (χ1) is 42.5. The monoisotopic (exact) mass is 1310 g/mol. The van der Waals surface area contributed by atoms with E-state index in [0.29, 0.717) is 24.7 Å². The van der Waals surface area contributed by atoms with Crippen LogP contribution in [0.15, 0.2) is 279 Å². The van der Waals surface area contributed by atoms with Gasteiger partial charge in [0.2, 0.25) is 15.3 Å². The number of rotatable bonds is 20. The molecule has 0 aliphatic heterocycles. The Balaban J connectivity index is 0.00000739. The van der Waals surface area contributed by atoms with E-state index in [0.717, 1.165) is 107 Å². The summed E-state index contributed by atoms with van der Waals surface area (Å²) in [6.45, 7) is 3.32. The third-order valence-electron chi connectivity index (χ3n) is 16.5. The predicted octanol–water partition coefficient (Wildman–Crippen LogP) is 11.6. The van der Waals surface area contributed by atoms with E-state index in [9.17, 15) is 5.11 Å². The van der Waals surface area contributed by atoms with Crippen molar-refractivity contribution in [3.05, 3.63) is 339 Å². The van der Waals surface area contributed by atoms with Crippen molar-refractivity contribution in [3.63, 3.8) is 0 Å². The van der Waals surface area contributed by atoms with Crippen molar-refractivity contribution in [2.45, 2.75) is 57.0 Å². The van der Waals surface area contributed by atoms with Crippen LogP contribution in [-0.2, 0) is 37.2 Å². The fourth-order valence-electron chi connectivity index (χ4n) is 12.3. The van der Waals surface area contributed by atoms with Gasteiger partial charge in [0.25, 0.3) is 5.82 Å². The lowest BCUT2D eigenvalue weighted by molar-refractivity contribution is -0.704. The Bertz CT molecular complexity index is 4180. The molecule has 1 N–H and O–H groups in total. The summed E-state index contributed by atoms with van der Waals surface area (Å²) < 4.78 is 5.74. The number of hydrogen-bond donors (Lipinski definition) is 1. The van der Waals surface area contributed by atoms with Crippen molar-refractivity contribution >= 4 is 22.6 Å². The second-order valence-corrected chi connectivity index (χ2v) is 22.5. The second kappa shape index (κ2) is 26.1. The highest BCUT2D eigenvalue weighted by molar-refractivity contribution is 14.1. The predicted molar refractivity (Wildman–Crippen MR) is 347 cm³/mol. The highest BCUT2D eigenvalue weighted by atomic mass is 127. The second-order valence-electron chi connectivity index (χ2n) is 21.5. The minimum atomic E-state index is -0.892. The molecule has 0 spiro atoms. The van der Waals surface area contributed by atoms with Crippen molar-refractivity contribution in [1.29, 1.82) is 0 Å². The molecular weight excluding hydrogens is 1250 g/mol. The maximum Gasteiger partial charge on any atom is 0.284 e. The number of unbranched alkanes of at least 4 members (excludes halogenated alkanes) is 1. The lowest BCUT2D eigenvalue weighted by atomic mass is 9.77. The van der Waals surface area contributed by atoms with Crippen LogP contribution < -0.4 is 21.5 Å². The standard InChI is InChI=1S/C74H62IN10O.BrH/c1-2-3-42-68-70(75)83(52-55-45-49-57(50-46-55)65-39-23-25-41-67(65)72-77-81-85(79-72)74(61-32-16-7-17-33-61,62-34-18-8-19-35-62)63-36-20-9-21-37-63)69(53-86)82(68)51-54-43-47-56(48-44-54)64-38-22-24-40-66(64)71-76-80-84(78-71)73(58-26-10-4-11-27-58,59-28-12-5-13-29-59)60-30-14-6-15-31-60;/h4-41,43-50,86H,2-3,42,51-53H2,1H3;1H/q+1;/p-1. The van der Waals surface area contributed by atoms with Gasteiger partial charge in [0, 0.05) is 40.1 Å². The van der Waals surface area contributed by atoms with E-state index in [1.54, 1.807) is 9.59 Å². The molecule has 0 amide bonds. The molecule has 3 aromatic heterocycles. The number of aliphatic hydroxyl groups excluding tert-OH is 1. The zero-order valence-corrected chi connectivity index (χ0v) is 51.7. The molecule has 0 aliphatic carbocycles. The first-order valence-electron chi connectivity index (χ1n) is 29.2. The van der Waals surface area contributed by atoms with E-state index >= 15 is 0 Å². The van der Waals surface area contributed by atoms with Crippen LogP contribution >= 0.6 is 22.6 Å². The number of imidazole rings is 1. The summed E-state index contributed by atoms with van der Waals surface area (Å²) in [5.74, 6) is 1.92. The lowest BCUT2D eigenvalue weighted by Crippen LogP contribution is -3.00. The molecule has 10 aromatic carbocycles. The molecule has 0 atom stereocenters. The van der Waals surface area contributed by atoms with Crippen LogP contribution in [0.4, 0.5) is 0 Å². The molecule has 87 heavy (non-hydrogen) atoms. The van der Waals surface area contributed by atoms with Gasteiger partial charge in [-0.15, -0.1) is 30.0 Å². The lowest BCUT2D eigenvalue weighted by Gasteiger charge is -2.34. The Morgan fingerprint density at radius 1 is 0.425 bits per heavy atom. The van der Waals surface area contributed by atoms with Gasteiger partial charge in [-0.2, -0.15) is 0 Å². The Hall–Kier alpha value is -9.28. The highest BCUT2D eigenvalue weighted by Crippen LogP contribution is 2.43. The van der Waals surface area contributed by atoms with E-state index in [4.69, 9.17) is 30.8 Å². The molecule has 11 nitrogen and oxygen atoms in total. The molecule has 0 aliphatic rings. The minimum absolute atomic E-state index is 0. The molecule has 0 unspecified atom stereocenters. The number of aromatic nitrogens is 10. The topological polar surface area (TPSA) is 116 Å². The van der Waals surface area contributed by atoms with Crippen LogP contribution in [-0.4, -0.2) is 50.1 Å². The van der Waals surface area contributed by atoms with Crippen LogP contribution in [0.5, 0.6) is 0 Å². The van der Waals surface area contributed by atoms with Crippen LogP contribution in [0.25, 0.3) is 45.0 Å². The number of nitrogens with zero attached hydrogens (tertiary/aromatic N) is 10. The van der Waals surface area contributed by atoms with Gasteiger partial charge in [-0.05, 0) is 83.6 Å².